The van der Waals surface area contributed by atoms with E-state index < -0.39 is 12.0 Å². The van der Waals surface area contributed by atoms with Crippen LogP contribution in [0.1, 0.15) is 36.6 Å². The lowest BCUT2D eigenvalue weighted by molar-refractivity contribution is -0.139. The highest BCUT2D eigenvalue weighted by atomic mass is 32.1. The molecular weight excluding hydrogens is 562 g/mol. The number of ether oxygens (including phenoxy) is 3. The molecular formula is C34H31N3O5S. The van der Waals surface area contributed by atoms with Gasteiger partial charge in [0.2, 0.25) is 0 Å². The van der Waals surface area contributed by atoms with Gasteiger partial charge in [-0.25, -0.2) is 9.79 Å². The fourth-order valence-corrected chi connectivity index (χ4v) is 6.61. The van der Waals surface area contributed by atoms with Crippen LogP contribution >= 0.6 is 11.3 Å². The molecule has 0 radical (unpaired) electrons. The van der Waals surface area contributed by atoms with Crippen LogP contribution in [0.3, 0.4) is 0 Å². The molecule has 3 heterocycles. The van der Waals surface area contributed by atoms with Crippen molar-refractivity contribution in [1.82, 2.24) is 9.13 Å². The van der Waals surface area contributed by atoms with Gasteiger partial charge >= 0.3 is 5.97 Å². The Morgan fingerprint density at radius 2 is 1.74 bits per heavy atom. The Morgan fingerprint density at radius 1 is 1.00 bits per heavy atom. The summed E-state index contributed by atoms with van der Waals surface area (Å²) < 4.78 is 20.7. The molecule has 0 saturated heterocycles. The first-order valence-electron chi connectivity index (χ1n) is 14.0. The largest absolute Gasteiger partial charge is 0.493 e. The van der Waals surface area contributed by atoms with Crippen molar-refractivity contribution in [3.8, 4) is 11.5 Å². The number of para-hydroxylation sites is 1. The fourth-order valence-electron chi connectivity index (χ4n) is 5.57. The topological polar surface area (TPSA) is 84.1 Å². The highest BCUT2D eigenvalue weighted by Gasteiger charge is 2.34. The second-order valence-corrected chi connectivity index (χ2v) is 11.1. The van der Waals surface area contributed by atoms with E-state index in [-0.39, 0.29) is 12.2 Å². The van der Waals surface area contributed by atoms with Crippen molar-refractivity contribution in [3.05, 3.63) is 127 Å². The average Bonchev–Trinajstić information content (AvgIpc) is 3.52. The maximum Gasteiger partial charge on any atom is 0.338 e. The number of benzene rings is 3. The molecule has 0 fully saturated rings. The molecule has 0 saturated carbocycles. The first-order chi connectivity index (χ1) is 20.9. The third kappa shape index (κ3) is 5.17. The van der Waals surface area contributed by atoms with Crippen LogP contribution in [-0.2, 0) is 16.1 Å². The molecule has 8 nitrogen and oxygen atoms in total. The first kappa shape index (κ1) is 28.2. The highest BCUT2D eigenvalue weighted by Crippen LogP contribution is 2.36. The van der Waals surface area contributed by atoms with Crippen molar-refractivity contribution in [2.24, 2.45) is 4.99 Å². The van der Waals surface area contributed by atoms with E-state index >= 15 is 0 Å². The van der Waals surface area contributed by atoms with E-state index in [0.29, 0.717) is 44.2 Å². The second kappa shape index (κ2) is 11.8. The van der Waals surface area contributed by atoms with Crippen LogP contribution in [0.15, 0.2) is 100 Å². The molecule has 0 aliphatic carbocycles. The standard InChI is InChI=1S/C34H31N3O5S/c1-5-42-33(39)30-21(2)35-34-37(31(30)23-15-16-27(40-3)28(17-23)41-4)32(38)29(43-34)18-24-20-36(19-22-11-7-6-8-12-22)26-14-10-9-13-25(24)26/h6-18,20,31H,5,19H2,1-4H3/b29-18-/t31-/m1/s1. The number of hydrogen-bond donors (Lipinski definition) is 0. The molecule has 0 amide bonds. The molecule has 2 aromatic heterocycles. The molecule has 0 bridgehead atoms. The summed E-state index contributed by atoms with van der Waals surface area (Å²) in [6, 6.07) is 23.1. The Bertz CT molecular complexity index is 2050. The quantitative estimate of drug-likeness (QED) is 0.241. The molecule has 1 aliphatic rings. The van der Waals surface area contributed by atoms with Crippen LogP contribution in [0.25, 0.3) is 17.0 Å². The van der Waals surface area contributed by atoms with Gasteiger partial charge in [0.25, 0.3) is 5.56 Å². The minimum Gasteiger partial charge on any atom is -0.493 e. The summed E-state index contributed by atoms with van der Waals surface area (Å²) in [5, 5.41) is 1.05. The zero-order valence-electron chi connectivity index (χ0n) is 24.4. The van der Waals surface area contributed by atoms with Crippen molar-refractivity contribution in [2.45, 2.75) is 26.4 Å². The number of carbonyl (C=O) groups excluding carboxylic acids is 1. The summed E-state index contributed by atoms with van der Waals surface area (Å²) in [6.07, 6.45) is 4.00. The van der Waals surface area contributed by atoms with Gasteiger partial charge in [-0.05, 0) is 49.2 Å². The molecule has 9 heteroatoms. The Morgan fingerprint density at radius 3 is 2.49 bits per heavy atom. The molecule has 1 aliphatic heterocycles. The van der Waals surface area contributed by atoms with E-state index in [1.54, 1.807) is 44.8 Å². The van der Waals surface area contributed by atoms with E-state index in [2.05, 4.69) is 35.0 Å². The summed E-state index contributed by atoms with van der Waals surface area (Å²) in [4.78, 5) is 32.7. The number of aromatic nitrogens is 2. The predicted octanol–water partition coefficient (Wildman–Crippen LogP) is 4.82. The Hall–Kier alpha value is -4.89. The monoisotopic (exact) mass is 593 g/mol. The molecule has 0 spiro atoms. The van der Waals surface area contributed by atoms with Gasteiger partial charge in [0, 0.05) is 29.2 Å². The number of methoxy groups -OCH3 is 2. The van der Waals surface area contributed by atoms with Crippen molar-refractivity contribution in [3.63, 3.8) is 0 Å². The Balaban J connectivity index is 1.53. The maximum absolute atomic E-state index is 14.2. The van der Waals surface area contributed by atoms with E-state index in [9.17, 15) is 9.59 Å². The third-order valence-corrected chi connectivity index (χ3v) is 8.53. The molecule has 0 unspecified atom stereocenters. The van der Waals surface area contributed by atoms with Gasteiger partial charge in [-0.1, -0.05) is 65.9 Å². The normalized spacial score (nSPS) is 14.9. The summed E-state index contributed by atoms with van der Waals surface area (Å²) in [5.41, 5.74) is 4.46. The zero-order chi connectivity index (χ0) is 30.1. The van der Waals surface area contributed by atoms with Gasteiger partial charge in [-0.3, -0.25) is 9.36 Å². The lowest BCUT2D eigenvalue weighted by atomic mass is 9.95. The number of esters is 1. The number of hydrogen-bond acceptors (Lipinski definition) is 7. The van der Waals surface area contributed by atoms with Gasteiger partial charge in [0.15, 0.2) is 16.3 Å². The smallest absolute Gasteiger partial charge is 0.338 e. The summed E-state index contributed by atoms with van der Waals surface area (Å²) in [7, 11) is 3.11. The number of nitrogens with zero attached hydrogens (tertiary/aromatic N) is 3. The number of rotatable bonds is 8. The van der Waals surface area contributed by atoms with Crippen LogP contribution in [-0.4, -0.2) is 35.9 Å². The minimum absolute atomic E-state index is 0.200. The Kier molecular flexibility index (Phi) is 7.73. The van der Waals surface area contributed by atoms with Crippen molar-refractivity contribution in [1.29, 1.82) is 0 Å². The van der Waals surface area contributed by atoms with E-state index in [1.165, 1.54) is 16.9 Å². The molecule has 1 atom stereocenters. The predicted molar refractivity (Wildman–Crippen MR) is 167 cm³/mol. The van der Waals surface area contributed by atoms with Gasteiger partial charge in [-0.2, -0.15) is 0 Å². The molecule has 3 aromatic carbocycles. The van der Waals surface area contributed by atoms with Crippen LogP contribution in [0.2, 0.25) is 0 Å². The second-order valence-electron chi connectivity index (χ2n) is 10.1. The first-order valence-corrected chi connectivity index (χ1v) is 14.8. The Labute approximate surface area is 252 Å². The molecule has 5 aromatic rings. The highest BCUT2D eigenvalue weighted by molar-refractivity contribution is 7.07. The average molecular weight is 594 g/mol. The van der Waals surface area contributed by atoms with Crippen LogP contribution in [0.5, 0.6) is 11.5 Å². The molecule has 43 heavy (non-hydrogen) atoms. The fraction of sp³-hybridized carbons (Fsp3) is 0.206. The SMILES string of the molecule is CCOC(=O)C1=C(C)N=c2s/c(=C\c3cn(Cc4ccccc4)c4ccccc34)c(=O)n2[C@@H]1c1ccc(OC)c(OC)c1. The van der Waals surface area contributed by atoms with Crippen LogP contribution < -0.4 is 24.4 Å². The van der Waals surface area contributed by atoms with E-state index in [4.69, 9.17) is 19.2 Å². The number of thiazole rings is 1. The van der Waals surface area contributed by atoms with Crippen molar-refractivity contribution < 1.29 is 19.0 Å². The minimum atomic E-state index is -0.753. The van der Waals surface area contributed by atoms with Gasteiger partial charge in [0.1, 0.15) is 0 Å². The van der Waals surface area contributed by atoms with Gasteiger partial charge in [-0.15, -0.1) is 0 Å². The van der Waals surface area contributed by atoms with Crippen LogP contribution in [0, 0.1) is 0 Å². The van der Waals surface area contributed by atoms with Crippen molar-refractivity contribution in [2.75, 3.05) is 20.8 Å². The lowest BCUT2D eigenvalue weighted by Gasteiger charge is -2.25. The molecule has 218 valence electrons. The molecule has 6 rings (SSSR count). The number of carbonyl (C=O) groups is 1. The summed E-state index contributed by atoms with van der Waals surface area (Å²) >= 11 is 1.30. The van der Waals surface area contributed by atoms with E-state index in [0.717, 1.165) is 16.5 Å². The lowest BCUT2D eigenvalue weighted by Crippen LogP contribution is -2.39. The zero-order valence-corrected chi connectivity index (χ0v) is 25.2. The maximum atomic E-state index is 14.2. The number of fused-ring (bicyclic) bond motifs is 2. The van der Waals surface area contributed by atoms with Gasteiger partial charge < -0.3 is 18.8 Å². The molecule has 0 N–H and O–H groups in total. The van der Waals surface area contributed by atoms with Crippen molar-refractivity contribution >= 4 is 34.3 Å². The summed E-state index contributed by atoms with van der Waals surface area (Å²) in [5.74, 6) is 0.525. The van der Waals surface area contributed by atoms with Crippen LogP contribution in [0.4, 0.5) is 0 Å². The summed E-state index contributed by atoms with van der Waals surface area (Å²) in [6.45, 7) is 4.43. The number of allylic oxidation sites excluding steroid dienone is 1. The van der Waals surface area contributed by atoms with Gasteiger partial charge in [0.05, 0.1) is 42.7 Å². The third-order valence-electron chi connectivity index (χ3n) is 7.54. The van der Waals surface area contributed by atoms with E-state index in [1.807, 2.05) is 42.5 Å².